The SMILES string of the molecule is CC(Nc1nc(NCc2cccc(Cl)c2N)c2ncn(Cc3ccccc3)c2n1)C(C)(C)O. The molecule has 0 aliphatic carbocycles. The van der Waals surface area contributed by atoms with Gasteiger partial charge in [-0.15, -0.1) is 0 Å². The molecule has 2 heterocycles. The van der Waals surface area contributed by atoms with E-state index < -0.39 is 5.60 Å². The number of nitrogens with one attached hydrogen (secondary N) is 2. The number of benzene rings is 2. The number of halogens is 1. The van der Waals surface area contributed by atoms with Crippen molar-refractivity contribution in [3.05, 3.63) is 71.0 Å². The topological polar surface area (TPSA) is 114 Å². The molecular formula is C24H28ClN7O. The minimum absolute atomic E-state index is 0.281. The number of nitrogens with zero attached hydrogens (tertiary/aromatic N) is 4. The van der Waals surface area contributed by atoms with Crippen molar-refractivity contribution in [2.45, 2.75) is 45.5 Å². The first-order valence-corrected chi connectivity index (χ1v) is 11.1. The standard InChI is InChI=1S/C24H28ClN7O/c1-15(24(2,3)33)29-23-30-21(27-12-17-10-7-11-18(25)19(17)26)20-22(31-23)32(14-28-20)13-16-8-5-4-6-9-16/h4-11,14-15,33H,12-13,26H2,1-3H3,(H2,27,29,30,31). The van der Waals surface area contributed by atoms with E-state index in [-0.39, 0.29) is 6.04 Å². The van der Waals surface area contributed by atoms with E-state index in [2.05, 4.69) is 32.7 Å². The monoisotopic (exact) mass is 465 g/mol. The number of anilines is 3. The lowest BCUT2D eigenvalue weighted by Crippen LogP contribution is -2.39. The van der Waals surface area contributed by atoms with Gasteiger partial charge in [0, 0.05) is 6.54 Å². The number of rotatable bonds is 8. The minimum atomic E-state index is -0.953. The number of nitrogens with two attached hydrogens (primary N) is 1. The van der Waals surface area contributed by atoms with Crippen molar-refractivity contribution < 1.29 is 5.11 Å². The third kappa shape index (κ3) is 5.18. The molecule has 0 aliphatic rings. The maximum atomic E-state index is 10.4. The second-order valence-corrected chi connectivity index (χ2v) is 9.02. The van der Waals surface area contributed by atoms with Gasteiger partial charge in [0.25, 0.3) is 0 Å². The summed E-state index contributed by atoms with van der Waals surface area (Å²) in [6.07, 6.45) is 1.76. The van der Waals surface area contributed by atoms with Crippen LogP contribution in [-0.4, -0.2) is 36.3 Å². The highest BCUT2D eigenvalue weighted by Crippen LogP contribution is 2.26. The van der Waals surface area contributed by atoms with Gasteiger partial charge in [-0.2, -0.15) is 9.97 Å². The highest BCUT2D eigenvalue weighted by molar-refractivity contribution is 6.33. The molecule has 172 valence electrons. The van der Waals surface area contributed by atoms with Gasteiger partial charge in [0.1, 0.15) is 0 Å². The number of hydrogen-bond acceptors (Lipinski definition) is 7. The van der Waals surface area contributed by atoms with Crippen LogP contribution >= 0.6 is 11.6 Å². The van der Waals surface area contributed by atoms with Crippen LogP contribution in [0.25, 0.3) is 11.2 Å². The Morgan fingerprint density at radius 1 is 1.12 bits per heavy atom. The summed E-state index contributed by atoms with van der Waals surface area (Å²) >= 11 is 6.17. The van der Waals surface area contributed by atoms with Crippen LogP contribution in [0.15, 0.2) is 54.9 Å². The number of aliphatic hydroxyl groups is 1. The molecule has 0 fully saturated rings. The van der Waals surface area contributed by atoms with Crippen molar-refractivity contribution in [2.75, 3.05) is 16.4 Å². The summed E-state index contributed by atoms with van der Waals surface area (Å²) in [7, 11) is 0. The largest absolute Gasteiger partial charge is 0.397 e. The smallest absolute Gasteiger partial charge is 0.227 e. The lowest BCUT2D eigenvalue weighted by molar-refractivity contribution is 0.0646. The van der Waals surface area contributed by atoms with Crippen LogP contribution in [0.2, 0.25) is 5.02 Å². The number of hydrogen-bond donors (Lipinski definition) is 4. The van der Waals surface area contributed by atoms with Crippen LogP contribution in [0.5, 0.6) is 0 Å². The molecule has 0 amide bonds. The van der Waals surface area contributed by atoms with Gasteiger partial charge in [-0.25, -0.2) is 4.98 Å². The summed E-state index contributed by atoms with van der Waals surface area (Å²) in [5, 5.41) is 17.4. The molecule has 2 aromatic heterocycles. The van der Waals surface area contributed by atoms with Crippen molar-refractivity contribution in [2.24, 2.45) is 0 Å². The fourth-order valence-corrected chi connectivity index (χ4v) is 3.51. The quantitative estimate of drug-likeness (QED) is 0.287. The lowest BCUT2D eigenvalue weighted by Gasteiger charge is -2.26. The van der Waals surface area contributed by atoms with Gasteiger partial charge in [0.15, 0.2) is 17.0 Å². The first-order chi connectivity index (χ1) is 15.7. The molecule has 0 saturated heterocycles. The molecule has 0 aliphatic heterocycles. The molecule has 0 radical (unpaired) electrons. The average molecular weight is 466 g/mol. The maximum Gasteiger partial charge on any atom is 0.227 e. The molecule has 1 atom stereocenters. The van der Waals surface area contributed by atoms with Crippen molar-refractivity contribution in [3.8, 4) is 0 Å². The van der Waals surface area contributed by atoms with Gasteiger partial charge in [-0.1, -0.05) is 54.1 Å². The molecule has 0 bridgehead atoms. The van der Waals surface area contributed by atoms with Crippen LogP contribution in [-0.2, 0) is 13.1 Å². The zero-order valence-corrected chi connectivity index (χ0v) is 19.6. The van der Waals surface area contributed by atoms with E-state index in [0.29, 0.717) is 46.7 Å². The Hall–Kier alpha value is -3.36. The Morgan fingerprint density at radius 2 is 1.88 bits per heavy atom. The summed E-state index contributed by atoms with van der Waals surface area (Å²) in [6, 6.07) is 15.4. The number of para-hydroxylation sites is 1. The maximum absolute atomic E-state index is 10.4. The molecule has 2 aromatic carbocycles. The fourth-order valence-electron chi connectivity index (χ4n) is 3.31. The molecule has 5 N–H and O–H groups in total. The molecule has 9 heteroatoms. The van der Waals surface area contributed by atoms with Crippen molar-refractivity contribution in [1.82, 2.24) is 19.5 Å². The van der Waals surface area contributed by atoms with Crippen LogP contribution < -0.4 is 16.4 Å². The predicted molar refractivity (Wildman–Crippen MR) is 133 cm³/mol. The van der Waals surface area contributed by atoms with Gasteiger partial charge >= 0.3 is 0 Å². The summed E-state index contributed by atoms with van der Waals surface area (Å²) < 4.78 is 1.98. The van der Waals surface area contributed by atoms with Crippen LogP contribution in [0.3, 0.4) is 0 Å². The van der Waals surface area contributed by atoms with E-state index in [1.54, 1.807) is 26.2 Å². The molecular weight excluding hydrogens is 438 g/mol. The summed E-state index contributed by atoms with van der Waals surface area (Å²) in [6.45, 7) is 6.41. The van der Waals surface area contributed by atoms with Crippen molar-refractivity contribution in [3.63, 3.8) is 0 Å². The fraction of sp³-hybridized carbons (Fsp3) is 0.292. The third-order valence-corrected chi connectivity index (χ3v) is 5.98. The Labute approximate surface area is 197 Å². The Balaban J connectivity index is 1.71. The zero-order valence-electron chi connectivity index (χ0n) is 18.9. The van der Waals surface area contributed by atoms with E-state index in [0.717, 1.165) is 11.1 Å². The first-order valence-electron chi connectivity index (χ1n) is 10.7. The minimum Gasteiger partial charge on any atom is -0.397 e. The molecule has 4 aromatic rings. The van der Waals surface area contributed by atoms with E-state index in [1.165, 1.54) is 0 Å². The Bertz CT molecular complexity index is 1250. The predicted octanol–water partition coefficient (Wildman–Crippen LogP) is 4.29. The van der Waals surface area contributed by atoms with Gasteiger partial charge in [-0.3, -0.25) is 0 Å². The first kappa shape index (κ1) is 22.8. The van der Waals surface area contributed by atoms with E-state index in [4.69, 9.17) is 22.3 Å². The van der Waals surface area contributed by atoms with Crippen molar-refractivity contribution in [1.29, 1.82) is 0 Å². The van der Waals surface area contributed by atoms with Crippen LogP contribution in [0.4, 0.5) is 17.5 Å². The lowest BCUT2D eigenvalue weighted by atomic mass is 10.0. The third-order valence-electron chi connectivity index (χ3n) is 5.65. The number of aromatic nitrogens is 4. The normalized spacial score (nSPS) is 12.6. The molecule has 4 rings (SSSR count). The van der Waals surface area contributed by atoms with Gasteiger partial charge in [-0.05, 0) is 38.0 Å². The summed E-state index contributed by atoms with van der Waals surface area (Å²) in [5.74, 6) is 0.963. The number of nitrogen functional groups attached to an aromatic ring is 1. The number of fused-ring (bicyclic) bond motifs is 1. The molecule has 0 spiro atoms. The average Bonchev–Trinajstić information content (AvgIpc) is 3.17. The van der Waals surface area contributed by atoms with Crippen molar-refractivity contribution >= 4 is 40.2 Å². The van der Waals surface area contributed by atoms with Gasteiger partial charge < -0.3 is 26.0 Å². The van der Waals surface area contributed by atoms with E-state index >= 15 is 0 Å². The second-order valence-electron chi connectivity index (χ2n) is 8.61. The molecule has 8 nitrogen and oxygen atoms in total. The van der Waals surface area contributed by atoms with E-state index in [9.17, 15) is 5.11 Å². The number of imidazole rings is 1. The summed E-state index contributed by atoms with van der Waals surface area (Å²) in [4.78, 5) is 13.9. The van der Waals surface area contributed by atoms with Crippen LogP contribution in [0.1, 0.15) is 31.9 Å². The second kappa shape index (κ2) is 9.25. The molecule has 0 saturated carbocycles. The van der Waals surface area contributed by atoms with Gasteiger partial charge in [0.05, 0.1) is 35.2 Å². The van der Waals surface area contributed by atoms with Crippen LogP contribution in [0, 0.1) is 0 Å². The summed E-state index contributed by atoms with van der Waals surface area (Å²) in [5.41, 5.74) is 9.03. The Kier molecular flexibility index (Phi) is 6.40. The van der Waals surface area contributed by atoms with Gasteiger partial charge in [0.2, 0.25) is 5.95 Å². The highest BCUT2D eigenvalue weighted by Gasteiger charge is 2.24. The highest BCUT2D eigenvalue weighted by atomic mass is 35.5. The zero-order chi connectivity index (χ0) is 23.6. The molecule has 33 heavy (non-hydrogen) atoms. The molecule has 1 unspecified atom stereocenters. The van der Waals surface area contributed by atoms with E-state index in [1.807, 2.05) is 41.8 Å². The Morgan fingerprint density at radius 3 is 2.61 bits per heavy atom.